The van der Waals surface area contributed by atoms with Gasteiger partial charge < -0.3 is 10.6 Å². The number of carbonyl (C=O) groups excluding carboxylic acids is 2. The number of nitrogens with zero attached hydrogens (tertiary/aromatic N) is 3. The van der Waals surface area contributed by atoms with Gasteiger partial charge in [0, 0.05) is 19.4 Å². The SMILES string of the molecule is CC1(C(=O)NCc2cn3ncc(CNC(=O)CCC(F)(F)F)cc3n2)CC1(F)F. The summed E-state index contributed by atoms with van der Waals surface area (Å²) in [6.07, 6.45) is -3.83. The molecule has 1 unspecified atom stereocenters. The lowest BCUT2D eigenvalue weighted by atomic mass is 10.1. The Kier molecular flexibility index (Phi) is 5.22. The van der Waals surface area contributed by atoms with Crippen molar-refractivity contribution in [1.82, 2.24) is 25.2 Å². The first-order valence-corrected chi connectivity index (χ1v) is 8.72. The number of nitrogens with one attached hydrogen (secondary N) is 2. The molecule has 1 fully saturated rings. The minimum atomic E-state index is -4.40. The van der Waals surface area contributed by atoms with Crippen LogP contribution in [0.1, 0.15) is 37.4 Å². The summed E-state index contributed by atoms with van der Waals surface area (Å²) in [5.74, 6) is -4.49. The highest BCUT2D eigenvalue weighted by Crippen LogP contribution is 2.60. The third-order valence-corrected chi connectivity index (χ3v) is 4.74. The van der Waals surface area contributed by atoms with Gasteiger partial charge in [0.1, 0.15) is 5.41 Å². The molecule has 0 spiro atoms. The molecule has 3 rings (SSSR count). The third-order valence-electron chi connectivity index (χ3n) is 4.74. The third kappa shape index (κ3) is 4.80. The van der Waals surface area contributed by atoms with Gasteiger partial charge in [-0.25, -0.2) is 18.3 Å². The molecule has 2 heterocycles. The zero-order valence-electron chi connectivity index (χ0n) is 15.3. The summed E-state index contributed by atoms with van der Waals surface area (Å²) in [5, 5.41) is 8.86. The van der Waals surface area contributed by atoms with Gasteiger partial charge in [-0.2, -0.15) is 18.3 Å². The Morgan fingerprint density at radius 3 is 2.55 bits per heavy atom. The van der Waals surface area contributed by atoms with Crippen molar-refractivity contribution >= 4 is 17.5 Å². The number of imidazole rings is 1. The van der Waals surface area contributed by atoms with E-state index in [-0.39, 0.29) is 13.1 Å². The van der Waals surface area contributed by atoms with Gasteiger partial charge in [0.15, 0.2) is 5.65 Å². The number of halogens is 5. The van der Waals surface area contributed by atoms with E-state index in [1.54, 1.807) is 6.07 Å². The summed E-state index contributed by atoms with van der Waals surface area (Å²) in [4.78, 5) is 27.6. The molecule has 29 heavy (non-hydrogen) atoms. The number of amides is 2. The summed E-state index contributed by atoms with van der Waals surface area (Å²) in [6.45, 7) is 1.12. The summed E-state index contributed by atoms with van der Waals surface area (Å²) in [5.41, 5.74) is -0.407. The summed E-state index contributed by atoms with van der Waals surface area (Å²) in [6, 6.07) is 1.57. The van der Waals surface area contributed by atoms with Gasteiger partial charge in [-0.15, -0.1) is 0 Å². The molecule has 0 saturated heterocycles. The van der Waals surface area contributed by atoms with Gasteiger partial charge in [-0.05, 0) is 18.6 Å². The van der Waals surface area contributed by atoms with E-state index in [0.29, 0.717) is 16.9 Å². The Hall–Kier alpha value is -2.79. The fourth-order valence-corrected chi connectivity index (χ4v) is 2.70. The Labute approximate surface area is 161 Å². The minimum Gasteiger partial charge on any atom is -0.352 e. The van der Waals surface area contributed by atoms with E-state index in [9.17, 15) is 31.5 Å². The molecule has 0 radical (unpaired) electrons. The molecular weight excluding hydrogens is 401 g/mol. The molecule has 0 bridgehead atoms. The number of carbonyl (C=O) groups is 2. The molecule has 7 nitrogen and oxygen atoms in total. The van der Waals surface area contributed by atoms with E-state index in [4.69, 9.17) is 0 Å². The van der Waals surface area contributed by atoms with Crippen LogP contribution in [-0.2, 0) is 22.7 Å². The van der Waals surface area contributed by atoms with Crippen LogP contribution in [0.15, 0.2) is 18.5 Å². The van der Waals surface area contributed by atoms with Gasteiger partial charge in [-0.1, -0.05) is 0 Å². The van der Waals surface area contributed by atoms with Crippen LogP contribution in [-0.4, -0.2) is 38.5 Å². The highest BCUT2D eigenvalue weighted by molar-refractivity contribution is 5.86. The van der Waals surface area contributed by atoms with Crippen LogP contribution in [0.5, 0.6) is 0 Å². The molecule has 2 amide bonds. The second-order valence-corrected chi connectivity index (χ2v) is 7.19. The van der Waals surface area contributed by atoms with Crippen LogP contribution in [0.2, 0.25) is 0 Å². The summed E-state index contributed by atoms with van der Waals surface area (Å²) >= 11 is 0. The number of aromatic nitrogens is 3. The first kappa shape index (κ1) is 20.9. The van der Waals surface area contributed by atoms with Gasteiger partial charge >= 0.3 is 6.18 Å². The Bertz CT molecular complexity index is 942. The number of rotatable bonds is 7. The molecule has 1 aliphatic carbocycles. The molecule has 158 valence electrons. The average Bonchev–Trinajstić information content (AvgIpc) is 2.97. The van der Waals surface area contributed by atoms with Crippen LogP contribution in [0.3, 0.4) is 0 Å². The molecular formula is C17H18F5N5O2. The van der Waals surface area contributed by atoms with Gasteiger partial charge in [0.2, 0.25) is 11.8 Å². The Morgan fingerprint density at radius 2 is 1.93 bits per heavy atom. The second kappa shape index (κ2) is 7.23. The quantitative estimate of drug-likeness (QED) is 0.675. The van der Waals surface area contributed by atoms with Crippen molar-refractivity contribution < 1.29 is 31.5 Å². The van der Waals surface area contributed by atoms with Crippen molar-refractivity contribution in [3.63, 3.8) is 0 Å². The first-order chi connectivity index (χ1) is 13.4. The molecule has 1 aliphatic rings. The summed E-state index contributed by atoms with van der Waals surface area (Å²) < 4.78 is 64.2. The fourth-order valence-electron chi connectivity index (χ4n) is 2.70. The molecule has 0 aliphatic heterocycles. The molecule has 12 heteroatoms. The lowest BCUT2D eigenvalue weighted by Crippen LogP contribution is -2.33. The van der Waals surface area contributed by atoms with Crippen molar-refractivity contribution in [1.29, 1.82) is 0 Å². The van der Waals surface area contributed by atoms with E-state index in [1.807, 2.05) is 0 Å². The molecule has 1 saturated carbocycles. The van der Waals surface area contributed by atoms with Crippen LogP contribution in [0.4, 0.5) is 22.0 Å². The van der Waals surface area contributed by atoms with Crippen LogP contribution >= 0.6 is 0 Å². The van der Waals surface area contributed by atoms with E-state index in [2.05, 4.69) is 20.7 Å². The zero-order chi connectivity index (χ0) is 21.4. The van der Waals surface area contributed by atoms with E-state index < -0.39 is 48.6 Å². The smallest absolute Gasteiger partial charge is 0.352 e. The number of fused-ring (bicyclic) bond motifs is 1. The van der Waals surface area contributed by atoms with Crippen molar-refractivity contribution in [2.75, 3.05) is 0 Å². The van der Waals surface area contributed by atoms with Crippen molar-refractivity contribution in [2.45, 2.75) is 51.4 Å². The maximum atomic E-state index is 13.2. The van der Waals surface area contributed by atoms with Gasteiger partial charge in [-0.3, -0.25) is 9.59 Å². The minimum absolute atomic E-state index is 0.0213. The van der Waals surface area contributed by atoms with Crippen molar-refractivity contribution in [3.05, 3.63) is 29.7 Å². The van der Waals surface area contributed by atoms with E-state index >= 15 is 0 Å². The standard InChI is InChI=1S/C17H18F5N5O2/c1-15(9-16(15,18)19)14(29)24-7-11-8-27-12(26-11)4-10(6-25-27)5-23-13(28)2-3-17(20,21)22/h4,6,8H,2-3,5,7,9H2,1H3,(H,23,28)(H,24,29). The highest BCUT2D eigenvalue weighted by atomic mass is 19.4. The number of hydrogen-bond acceptors (Lipinski definition) is 4. The molecule has 2 aromatic rings. The molecule has 0 aromatic carbocycles. The first-order valence-electron chi connectivity index (χ1n) is 8.72. The molecule has 2 aromatic heterocycles. The molecule has 2 N–H and O–H groups in total. The predicted molar refractivity (Wildman–Crippen MR) is 89.6 cm³/mol. The maximum Gasteiger partial charge on any atom is 0.389 e. The number of hydrogen-bond donors (Lipinski definition) is 2. The normalized spacial score (nSPS) is 20.5. The van der Waals surface area contributed by atoms with E-state index in [1.165, 1.54) is 23.8 Å². The van der Waals surface area contributed by atoms with Crippen molar-refractivity contribution in [3.8, 4) is 0 Å². The lowest BCUT2D eigenvalue weighted by molar-refractivity contribution is -0.144. The topological polar surface area (TPSA) is 88.4 Å². The van der Waals surface area contributed by atoms with Crippen LogP contribution < -0.4 is 10.6 Å². The fraction of sp³-hybridized carbons (Fsp3) is 0.529. The maximum absolute atomic E-state index is 13.2. The van der Waals surface area contributed by atoms with Gasteiger partial charge in [0.05, 0.1) is 31.1 Å². The highest BCUT2D eigenvalue weighted by Gasteiger charge is 2.72. The van der Waals surface area contributed by atoms with Crippen molar-refractivity contribution in [2.24, 2.45) is 5.41 Å². The largest absolute Gasteiger partial charge is 0.389 e. The summed E-state index contributed by atoms with van der Waals surface area (Å²) in [7, 11) is 0. The zero-order valence-corrected chi connectivity index (χ0v) is 15.3. The number of alkyl halides is 5. The van der Waals surface area contributed by atoms with E-state index in [0.717, 1.165) is 0 Å². The Balaban J connectivity index is 1.54. The predicted octanol–water partition coefficient (Wildman–Crippen LogP) is 2.35. The van der Waals surface area contributed by atoms with Crippen LogP contribution in [0, 0.1) is 5.41 Å². The monoisotopic (exact) mass is 419 g/mol. The lowest BCUT2D eigenvalue weighted by Gasteiger charge is -2.09. The van der Waals surface area contributed by atoms with Gasteiger partial charge in [0.25, 0.3) is 5.92 Å². The second-order valence-electron chi connectivity index (χ2n) is 7.19. The van der Waals surface area contributed by atoms with Crippen LogP contribution in [0.25, 0.3) is 5.65 Å². The molecule has 1 atom stereocenters. The average molecular weight is 419 g/mol. The Morgan fingerprint density at radius 1 is 1.24 bits per heavy atom.